The van der Waals surface area contributed by atoms with Crippen LogP contribution in [-0.2, 0) is 4.74 Å². The van der Waals surface area contributed by atoms with Gasteiger partial charge in [-0.3, -0.25) is 0 Å². The molecule has 3 rings (SSSR count). The predicted octanol–water partition coefficient (Wildman–Crippen LogP) is 3.70. The molecule has 0 radical (unpaired) electrons. The molecule has 1 aromatic carbocycles. The standard InChI is InChI=1S/C18H22N4O2/c1-4-10-24-18(23)14-15-17(22(16(14)19)11(3)5-2)21-13-9-7-6-8-12(13)20-15/h6-9,11H,4-5,10,19H2,1-3H3/t11-/m0/s1. The van der Waals surface area contributed by atoms with Crippen molar-refractivity contribution in [2.45, 2.75) is 39.7 Å². The summed E-state index contributed by atoms with van der Waals surface area (Å²) in [7, 11) is 0. The summed E-state index contributed by atoms with van der Waals surface area (Å²) >= 11 is 0. The third-order valence-corrected chi connectivity index (χ3v) is 4.21. The fourth-order valence-corrected chi connectivity index (χ4v) is 2.78. The van der Waals surface area contributed by atoms with Crippen molar-refractivity contribution in [3.8, 4) is 0 Å². The van der Waals surface area contributed by atoms with Crippen molar-refractivity contribution < 1.29 is 9.53 Å². The number of fused-ring (bicyclic) bond motifs is 2. The van der Waals surface area contributed by atoms with Gasteiger partial charge in [0.25, 0.3) is 0 Å². The van der Waals surface area contributed by atoms with Crippen LogP contribution in [0.1, 0.15) is 50.0 Å². The minimum atomic E-state index is -0.439. The number of hydrogen-bond donors (Lipinski definition) is 1. The highest BCUT2D eigenvalue weighted by Gasteiger charge is 2.26. The van der Waals surface area contributed by atoms with Gasteiger partial charge in [0.15, 0.2) is 5.65 Å². The molecule has 24 heavy (non-hydrogen) atoms. The quantitative estimate of drug-likeness (QED) is 0.723. The Balaban J connectivity index is 2.31. The van der Waals surface area contributed by atoms with Crippen molar-refractivity contribution in [3.05, 3.63) is 29.8 Å². The summed E-state index contributed by atoms with van der Waals surface area (Å²) in [5, 5.41) is 0. The average molecular weight is 326 g/mol. The van der Waals surface area contributed by atoms with Crippen LogP contribution in [0.15, 0.2) is 24.3 Å². The van der Waals surface area contributed by atoms with E-state index in [1.165, 1.54) is 0 Å². The zero-order valence-electron chi connectivity index (χ0n) is 14.2. The normalized spacial score (nSPS) is 12.6. The molecule has 0 fully saturated rings. The Morgan fingerprint density at radius 2 is 1.92 bits per heavy atom. The van der Waals surface area contributed by atoms with Crippen molar-refractivity contribution in [2.24, 2.45) is 0 Å². The molecule has 0 unspecified atom stereocenters. The third kappa shape index (κ3) is 2.58. The van der Waals surface area contributed by atoms with Gasteiger partial charge in [0.05, 0.1) is 17.6 Å². The van der Waals surface area contributed by atoms with E-state index in [9.17, 15) is 4.79 Å². The highest BCUT2D eigenvalue weighted by Crippen LogP contribution is 2.32. The van der Waals surface area contributed by atoms with Crippen molar-refractivity contribution in [1.82, 2.24) is 14.5 Å². The number of anilines is 1. The van der Waals surface area contributed by atoms with Gasteiger partial charge in [0.1, 0.15) is 16.9 Å². The molecule has 3 aromatic rings. The van der Waals surface area contributed by atoms with E-state index in [1.54, 1.807) is 0 Å². The summed E-state index contributed by atoms with van der Waals surface area (Å²) in [5.41, 5.74) is 9.27. The lowest BCUT2D eigenvalue weighted by Crippen LogP contribution is -2.12. The van der Waals surface area contributed by atoms with Gasteiger partial charge in [0, 0.05) is 6.04 Å². The number of ether oxygens (including phenoxy) is 1. The number of esters is 1. The maximum Gasteiger partial charge on any atom is 0.344 e. The Morgan fingerprint density at radius 3 is 2.54 bits per heavy atom. The first-order valence-corrected chi connectivity index (χ1v) is 8.31. The number of nitrogens with zero attached hydrogens (tertiary/aromatic N) is 3. The predicted molar refractivity (Wildman–Crippen MR) is 95.0 cm³/mol. The monoisotopic (exact) mass is 326 g/mol. The van der Waals surface area contributed by atoms with Crippen LogP contribution < -0.4 is 5.73 Å². The number of para-hydroxylation sites is 2. The lowest BCUT2D eigenvalue weighted by Gasteiger charge is -2.14. The lowest BCUT2D eigenvalue weighted by molar-refractivity contribution is 0.0508. The highest BCUT2D eigenvalue weighted by molar-refractivity contribution is 6.08. The van der Waals surface area contributed by atoms with Crippen LogP contribution in [0.25, 0.3) is 22.2 Å². The molecule has 0 aliphatic rings. The molecule has 0 aliphatic carbocycles. The van der Waals surface area contributed by atoms with E-state index < -0.39 is 5.97 Å². The van der Waals surface area contributed by atoms with Crippen LogP contribution in [0.4, 0.5) is 5.82 Å². The molecule has 0 saturated carbocycles. The molecule has 6 heteroatoms. The van der Waals surface area contributed by atoms with Gasteiger partial charge < -0.3 is 15.0 Å². The zero-order valence-corrected chi connectivity index (χ0v) is 14.2. The van der Waals surface area contributed by atoms with E-state index in [0.29, 0.717) is 29.2 Å². The average Bonchev–Trinajstić information content (AvgIpc) is 2.88. The SMILES string of the molecule is CCCOC(=O)c1c(N)n([C@@H](C)CC)c2nc3ccccc3nc12. The Bertz CT molecular complexity index is 901. The molecule has 0 aliphatic heterocycles. The minimum absolute atomic E-state index is 0.107. The lowest BCUT2D eigenvalue weighted by atomic mass is 10.2. The van der Waals surface area contributed by atoms with Crippen LogP contribution >= 0.6 is 0 Å². The summed E-state index contributed by atoms with van der Waals surface area (Å²) in [6.45, 7) is 6.43. The highest BCUT2D eigenvalue weighted by atomic mass is 16.5. The Labute approximate surface area is 140 Å². The van der Waals surface area contributed by atoms with Crippen LogP contribution in [0.3, 0.4) is 0 Å². The number of benzene rings is 1. The Kier molecular flexibility index (Phi) is 4.38. The van der Waals surface area contributed by atoms with Gasteiger partial charge in [-0.05, 0) is 31.9 Å². The van der Waals surface area contributed by atoms with Crippen LogP contribution in [0, 0.1) is 0 Å². The Morgan fingerprint density at radius 1 is 1.25 bits per heavy atom. The summed E-state index contributed by atoms with van der Waals surface area (Å²) < 4.78 is 7.19. The number of nitrogens with two attached hydrogens (primary N) is 1. The first-order chi connectivity index (χ1) is 11.6. The fraction of sp³-hybridized carbons (Fsp3) is 0.389. The van der Waals surface area contributed by atoms with Gasteiger partial charge in [-0.1, -0.05) is 26.0 Å². The molecular formula is C18H22N4O2. The number of nitrogen functional groups attached to an aromatic ring is 1. The van der Waals surface area contributed by atoms with Crippen LogP contribution in [0.2, 0.25) is 0 Å². The maximum absolute atomic E-state index is 12.5. The molecule has 0 bridgehead atoms. The maximum atomic E-state index is 12.5. The van der Waals surface area contributed by atoms with Gasteiger partial charge in [-0.2, -0.15) is 0 Å². The van der Waals surface area contributed by atoms with Gasteiger partial charge >= 0.3 is 5.97 Å². The molecule has 2 heterocycles. The summed E-state index contributed by atoms with van der Waals surface area (Å²) in [6.07, 6.45) is 1.62. The second-order valence-corrected chi connectivity index (χ2v) is 5.91. The molecule has 0 spiro atoms. The van der Waals surface area contributed by atoms with Crippen LogP contribution in [-0.4, -0.2) is 27.1 Å². The molecule has 0 saturated heterocycles. The number of rotatable bonds is 5. The molecule has 6 nitrogen and oxygen atoms in total. The first-order valence-electron chi connectivity index (χ1n) is 8.31. The third-order valence-electron chi connectivity index (χ3n) is 4.21. The number of hydrogen-bond acceptors (Lipinski definition) is 5. The van der Waals surface area contributed by atoms with Gasteiger partial charge in [-0.15, -0.1) is 0 Å². The number of carbonyl (C=O) groups excluding carboxylic acids is 1. The molecule has 126 valence electrons. The zero-order chi connectivity index (χ0) is 17.3. The molecule has 1 atom stereocenters. The van der Waals surface area contributed by atoms with Crippen molar-refractivity contribution >= 4 is 34.0 Å². The molecule has 2 N–H and O–H groups in total. The van der Waals surface area contributed by atoms with Gasteiger partial charge in [-0.25, -0.2) is 14.8 Å². The second-order valence-electron chi connectivity index (χ2n) is 5.91. The topological polar surface area (TPSA) is 83.0 Å². The summed E-state index contributed by atoms with van der Waals surface area (Å²) in [6, 6.07) is 7.70. The first kappa shape index (κ1) is 16.2. The van der Waals surface area contributed by atoms with Crippen molar-refractivity contribution in [3.63, 3.8) is 0 Å². The van der Waals surface area contributed by atoms with Crippen molar-refractivity contribution in [1.29, 1.82) is 0 Å². The Hall–Kier alpha value is -2.63. The number of carbonyl (C=O) groups is 1. The van der Waals surface area contributed by atoms with E-state index >= 15 is 0 Å². The van der Waals surface area contributed by atoms with E-state index in [0.717, 1.165) is 23.9 Å². The number of aromatic nitrogens is 3. The minimum Gasteiger partial charge on any atom is -0.462 e. The molecule has 0 amide bonds. The van der Waals surface area contributed by atoms with E-state index in [2.05, 4.69) is 11.9 Å². The largest absolute Gasteiger partial charge is 0.462 e. The molecular weight excluding hydrogens is 304 g/mol. The van der Waals surface area contributed by atoms with Gasteiger partial charge in [0.2, 0.25) is 0 Å². The summed E-state index contributed by atoms with van der Waals surface area (Å²) in [4.78, 5) is 21.9. The summed E-state index contributed by atoms with van der Waals surface area (Å²) in [5.74, 6) is -0.0678. The van der Waals surface area contributed by atoms with Crippen molar-refractivity contribution in [2.75, 3.05) is 12.3 Å². The molecule has 2 aromatic heterocycles. The van der Waals surface area contributed by atoms with Crippen LogP contribution in [0.5, 0.6) is 0 Å². The van der Waals surface area contributed by atoms with E-state index in [-0.39, 0.29) is 6.04 Å². The second kappa shape index (κ2) is 6.47. The smallest absolute Gasteiger partial charge is 0.344 e. The van der Waals surface area contributed by atoms with E-state index in [4.69, 9.17) is 15.5 Å². The van der Waals surface area contributed by atoms with E-state index in [1.807, 2.05) is 42.7 Å². The fourth-order valence-electron chi connectivity index (χ4n) is 2.78.